The third-order valence-corrected chi connectivity index (χ3v) is 5.04. The summed E-state index contributed by atoms with van der Waals surface area (Å²) in [7, 11) is 0. The van der Waals surface area contributed by atoms with E-state index in [4.69, 9.17) is 4.74 Å². The highest BCUT2D eigenvalue weighted by Crippen LogP contribution is 2.51. The van der Waals surface area contributed by atoms with E-state index in [0.29, 0.717) is 27.4 Å². The number of benzene rings is 3. The quantitative estimate of drug-likeness (QED) is 0.469. The summed E-state index contributed by atoms with van der Waals surface area (Å²) in [4.78, 5) is 13.2. The minimum Gasteiger partial charge on any atom is -0.444 e. The van der Waals surface area contributed by atoms with Gasteiger partial charge in [0.15, 0.2) is 0 Å². The van der Waals surface area contributed by atoms with Crippen LogP contribution in [0.2, 0.25) is 0 Å². The standard InChI is InChI=1S/C23H17F4NO2/c24-22(25)13-14-28(21(29)30-15-16-7-2-1-3-8-16)20(23(22,26)27)19-12-6-10-17-9-4-5-11-18(17)19/h1-14,20H,15H2. The predicted molar refractivity (Wildman–Crippen MR) is 104 cm³/mol. The van der Waals surface area contributed by atoms with Crippen molar-refractivity contribution in [1.29, 1.82) is 0 Å². The van der Waals surface area contributed by atoms with Gasteiger partial charge in [-0.1, -0.05) is 72.8 Å². The van der Waals surface area contributed by atoms with Crippen molar-refractivity contribution in [1.82, 2.24) is 4.90 Å². The van der Waals surface area contributed by atoms with Gasteiger partial charge in [-0.25, -0.2) is 4.79 Å². The molecule has 1 atom stereocenters. The number of allylic oxidation sites excluding steroid dienone is 1. The van der Waals surface area contributed by atoms with Crippen molar-refractivity contribution < 1.29 is 27.1 Å². The van der Waals surface area contributed by atoms with E-state index in [1.807, 2.05) is 0 Å². The zero-order chi connectivity index (χ0) is 21.4. The van der Waals surface area contributed by atoms with E-state index in [0.717, 1.165) is 0 Å². The molecule has 0 aliphatic carbocycles. The first-order chi connectivity index (χ1) is 14.3. The van der Waals surface area contributed by atoms with Crippen molar-refractivity contribution in [3.63, 3.8) is 0 Å². The molecule has 0 bridgehead atoms. The number of rotatable bonds is 3. The van der Waals surface area contributed by atoms with Crippen LogP contribution in [0.1, 0.15) is 17.2 Å². The van der Waals surface area contributed by atoms with Crippen molar-refractivity contribution in [2.75, 3.05) is 0 Å². The van der Waals surface area contributed by atoms with Crippen molar-refractivity contribution >= 4 is 16.9 Å². The lowest BCUT2D eigenvalue weighted by Gasteiger charge is -2.41. The highest BCUT2D eigenvalue weighted by Gasteiger charge is 2.64. The molecule has 0 aromatic heterocycles. The van der Waals surface area contributed by atoms with Crippen LogP contribution in [-0.4, -0.2) is 22.8 Å². The van der Waals surface area contributed by atoms with Gasteiger partial charge in [0.05, 0.1) is 0 Å². The van der Waals surface area contributed by atoms with Crippen LogP contribution in [0.15, 0.2) is 85.1 Å². The van der Waals surface area contributed by atoms with Crippen molar-refractivity contribution in [3.8, 4) is 0 Å². The second-order valence-electron chi connectivity index (χ2n) is 6.98. The molecule has 1 aliphatic rings. The predicted octanol–water partition coefficient (Wildman–Crippen LogP) is 6.32. The molecule has 0 N–H and O–H groups in total. The fourth-order valence-electron chi connectivity index (χ4n) is 3.52. The third kappa shape index (κ3) is 3.40. The Labute approximate surface area is 170 Å². The van der Waals surface area contributed by atoms with Gasteiger partial charge >= 0.3 is 17.9 Å². The van der Waals surface area contributed by atoms with Crippen LogP contribution >= 0.6 is 0 Å². The Balaban J connectivity index is 1.75. The summed E-state index contributed by atoms with van der Waals surface area (Å²) in [6, 6.07) is 17.5. The molecule has 1 aliphatic heterocycles. The van der Waals surface area contributed by atoms with Gasteiger partial charge in [0.2, 0.25) is 0 Å². The summed E-state index contributed by atoms with van der Waals surface area (Å²) < 4.78 is 63.5. The monoisotopic (exact) mass is 415 g/mol. The molecule has 0 saturated heterocycles. The SMILES string of the molecule is O=C(OCc1ccccc1)N1C=CC(F)(F)C(F)(F)C1c1cccc2ccccc12. The maximum absolute atomic E-state index is 15.0. The zero-order valence-electron chi connectivity index (χ0n) is 15.6. The molecule has 3 aromatic rings. The molecule has 3 aromatic carbocycles. The number of nitrogens with zero attached hydrogens (tertiary/aromatic N) is 1. The van der Waals surface area contributed by atoms with E-state index in [1.165, 1.54) is 12.1 Å². The lowest BCUT2D eigenvalue weighted by Crippen LogP contribution is -2.54. The first kappa shape index (κ1) is 19.9. The van der Waals surface area contributed by atoms with Gasteiger partial charge in [-0.2, -0.15) is 17.6 Å². The molecule has 4 rings (SSSR count). The van der Waals surface area contributed by atoms with Crippen molar-refractivity contribution in [2.24, 2.45) is 0 Å². The maximum Gasteiger partial charge on any atom is 0.414 e. The Morgan fingerprint density at radius 3 is 2.33 bits per heavy atom. The minimum absolute atomic E-state index is 0.0401. The van der Waals surface area contributed by atoms with E-state index in [9.17, 15) is 22.4 Å². The van der Waals surface area contributed by atoms with E-state index in [2.05, 4.69) is 0 Å². The molecule has 1 unspecified atom stereocenters. The van der Waals surface area contributed by atoms with Crippen LogP contribution in [0.5, 0.6) is 0 Å². The Bertz CT molecular complexity index is 1090. The van der Waals surface area contributed by atoms with Crippen molar-refractivity contribution in [2.45, 2.75) is 24.5 Å². The number of alkyl halides is 4. The molecule has 0 saturated carbocycles. The summed E-state index contributed by atoms with van der Waals surface area (Å²) in [6.45, 7) is -0.172. The van der Waals surface area contributed by atoms with E-state index >= 15 is 0 Å². The van der Waals surface area contributed by atoms with Crippen LogP contribution < -0.4 is 0 Å². The smallest absolute Gasteiger partial charge is 0.414 e. The topological polar surface area (TPSA) is 29.5 Å². The van der Waals surface area contributed by atoms with Gasteiger partial charge in [-0.3, -0.25) is 4.90 Å². The number of carbonyl (C=O) groups is 1. The Hall–Kier alpha value is -3.35. The fourth-order valence-corrected chi connectivity index (χ4v) is 3.52. The summed E-state index contributed by atoms with van der Waals surface area (Å²) >= 11 is 0. The number of fused-ring (bicyclic) bond motifs is 1. The molecular formula is C23H17F4NO2. The molecule has 1 heterocycles. The van der Waals surface area contributed by atoms with Crippen LogP contribution in [-0.2, 0) is 11.3 Å². The van der Waals surface area contributed by atoms with Gasteiger partial charge in [-0.05, 0) is 21.9 Å². The molecule has 154 valence electrons. The van der Waals surface area contributed by atoms with Crippen LogP contribution in [0.3, 0.4) is 0 Å². The Kier molecular flexibility index (Phi) is 4.97. The summed E-state index contributed by atoms with van der Waals surface area (Å²) in [5.41, 5.74) is 0.560. The number of carbonyl (C=O) groups excluding carboxylic acids is 1. The van der Waals surface area contributed by atoms with Crippen LogP contribution in [0.25, 0.3) is 10.8 Å². The van der Waals surface area contributed by atoms with Gasteiger partial charge in [-0.15, -0.1) is 0 Å². The van der Waals surface area contributed by atoms with Crippen LogP contribution in [0, 0.1) is 0 Å². The average molecular weight is 415 g/mol. The molecule has 3 nitrogen and oxygen atoms in total. The highest BCUT2D eigenvalue weighted by atomic mass is 19.3. The second-order valence-corrected chi connectivity index (χ2v) is 6.98. The fraction of sp³-hybridized carbons (Fsp3) is 0.174. The molecule has 0 fully saturated rings. The first-order valence-corrected chi connectivity index (χ1v) is 9.23. The maximum atomic E-state index is 15.0. The van der Waals surface area contributed by atoms with Crippen LogP contribution in [0.4, 0.5) is 22.4 Å². The Morgan fingerprint density at radius 1 is 0.900 bits per heavy atom. The molecule has 30 heavy (non-hydrogen) atoms. The Morgan fingerprint density at radius 2 is 1.57 bits per heavy atom. The average Bonchev–Trinajstić information content (AvgIpc) is 2.74. The van der Waals surface area contributed by atoms with E-state index in [-0.39, 0.29) is 18.2 Å². The number of amides is 1. The molecule has 0 radical (unpaired) electrons. The van der Waals surface area contributed by atoms with Gasteiger partial charge in [0.1, 0.15) is 12.6 Å². The largest absolute Gasteiger partial charge is 0.444 e. The number of halogens is 4. The molecule has 0 spiro atoms. The summed E-state index contributed by atoms with van der Waals surface area (Å²) in [6.07, 6.45) is -0.418. The molecule has 7 heteroatoms. The normalized spacial score (nSPS) is 19.6. The molecule has 1 amide bonds. The van der Waals surface area contributed by atoms with E-state index in [1.54, 1.807) is 60.7 Å². The van der Waals surface area contributed by atoms with Gasteiger partial charge in [0, 0.05) is 12.3 Å². The number of hydrogen-bond acceptors (Lipinski definition) is 2. The second kappa shape index (κ2) is 7.48. The lowest BCUT2D eigenvalue weighted by molar-refractivity contribution is -0.218. The lowest BCUT2D eigenvalue weighted by atomic mass is 9.89. The van der Waals surface area contributed by atoms with Gasteiger partial charge in [0.25, 0.3) is 0 Å². The van der Waals surface area contributed by atoms with Crippen molar-refractivity contribution in [3.05, 3.63) is 96.2 Å². The highest BCUT2D eigenvalue weighted by molar-refractivity contribution is 5.87. The van der Waals surface area contributed by atoms with Gasteiger partial charge < -0.3 is 4.74 Å². The summed E-state index contributed by atoms with van der Waals surface area (Å²) in [5.74, 6) is -8.97. The summed E-state index contributed by atoms with van der Waals surface area (Å²) in [5, 5.41) is 0.956. The number of ether oxygens (including phenoxy) is 1. The molecular weight excluding hydrogens is 398 g/mol. The zero-order valence-corrected chi connectivity index (χ0v) is 15.6. The minimum atomic E-state index is -4.54. The number of hydrogen-bond donors (Lipinski definition) is 0. The van der Waals surface area contributed by atoms with E-state index < -0.39 is 24.0 Å². The first-order valence-electron chi connectivity index (χ1n) is 9.23. The third-order valence-electron chi connectivity index (χ3n) is 5.04.